The molecule has 0 bridgehead atoms. The van der Waals surface area contributed by atoms with Gasteiger partial charge in [0.25, 0.3) is 5.56 Å². The van der Waals surface area contributed by atoms with Gasteiger partial charge in [0.1, 0.15) is 5.82 Å². The quantitative estimate of drug-likeness (QED) is 0.350. The van der Waals surface area contributed by atoms with Gasteiger partial charge in [0.15, 0.2) is 5.78 Å². The molecule has 0 saturated heterocycles. The molecule has 30 heavy (non-hydrogen) atoms. The second-order valence-corrected chi connectivity index (χ2v) is 6.79. The number of carbonyl (C=O) groups excluding carboxylic acids is 1. The van der Waals surface area contributed by atoms with E-state index in [1.165, 1.54) is 6.08 Å². The summed E-state index contributed by atoms with van der Waals surface area (Å²) in [6, 6.07) is 14.6. The van der Waals surface area contributed by atoms with Gasteiger partial charge >= 0.3 is 0 Å². The van der Waals surface area contributed by atoms with Crippen molar-refractivity contribution in [2.24, 2.45) is 7.05 Å². The number of hydrogen-bond acceptors (Lipinski definition) is 3. The lowest BCUT2D eigenvalue weighted by atomic mass is 9.94. The van der Waals surface area contributed by atoms with Crippen LogP contribution >= 0.6 is 11.6 Å². The van der Waals surface area contributed by atoms with Gasteiger partial charge in [-0.05, 0) is 35.9 Å². The van der Waals surface area contributed by atoms with E-state index in [0.717, 1.165) is 5.56 Å². The Morgan fingerprint density at radius 1 is 1.13 bits per heavy atom. The van der Waals surface area contributed by atoms with Crippen molar-refractivity contribution >= 4 is 34.4 Å². The van der Waals surface area contributed by atoms with Crippen LogP contribution < -0.4 is 5.56 Å². The number of halogens is 1. The SMILES string of the molecule is CC.Cn1ccnc1/C=C/C(=O)c1c(-c2ccccc2)c2cc(Cl)ccc2[nH]c1=O. The van der Waals surface area contributed by atoms with E-state index < -0.39 is 11.3 Å². The van der Waals surface area contributed by atoms with Crippen LogP contribution in [0.3, 0.4) is 0 Å². The summed E-state index contributed by atoms with van der Waals surface area (Å²) >= 11 is 6.19. The number of imidazole rings is 1. The fraction of sp³-hybridized carbons (Fsp3) is 0.125. The van der Waals surface area contributed by atoms with Gasteiger partial charge in [-0.25, -0.2) is 4.98 Å². The number of hydrogen-bond donors (Lipinski definition) is 1. The van der Waals surface area contributed by atoms with E-state index in [9.17, 15) is 9.59 Å². The lowest BCUT2D eigenvalue weighted by Gasteiger charge is -2.11. The minimum absolute atomic E-state index is 0.0754. The molecule has 0 aliphatic carbocycles. The van der Waals surface area contributed by atoms with Gasteiger partial charge in [-0.15, -0.1) is 0 Å². The number of aromatic amines is 1. The Morgan fingerprint density at radius 3 is 2.53 bits per heavy atom. The number of pyridine rings is 1. The molecule has 0 spiro atoms. The van der Waals surface area contributed by atoms with E-state index in [0.29, 0.717) is 27.3 Å². The zero-order valence-corrected chi connectivity index (χ0v) is 17.8. The van der Waals surface area contributed by atoms with Crippen molar-refractivity contribution in [3.05, 3.63) is 93.8 Å². The second kappa shape index (κ2) is 9.37. The zero-order chi connectivity index (χ0) is 21.7. The average Bonchev–Trinajstić information content (AvgIpc) is 3.18. The molecule has 2 aromatic carbocycles. The Labute approximate surface area is 179 Å². The van der Waals surface area contributed by atoms with Crippen LogP contribution in [0.25, 0.3) is 28.1 Å². The summed E-state index contributed by atoms with van der Waals surface area (Å²) in [7, 11) is 1.83. The molecule has 0 atom stereocenters. The predicted octanol–water partition coefficient (Wildman–Crippen LogP) is 5.50. The molecular weight excluding hydrogens is 398 g/mol. The summed E-state index contributed by atoms with van der Waals surface area (Å²) in [5.74, 6) is 0.222. The van der Waals surface area contributed by atoms with Crippen molar-refractivity contribution < 1.29 is 4.79 Å². The topological polar surface area (TPSA) is 67.8 Å². The van der Waals surface area contributed by atoms with E-state index in [-0.39, 0.29) is 5.56 Å². The Kier molecular flexibility index (Phi) is 6.65. The van der Waals surface area contributed by atoms with Crippen molar-refractivity contribution in [1.82, 2.24) is 14.5 Å². The third-order valence-corrected chi connectivity index (χ3v) is 4.76. The highest BCUT2D eigenvalue weighted by atomic mass is 35.5. The van der Waals surface area contributed by atoms with Crippen molar-refractivity contribution in [3.8, 4) is 11.1 Å². The first-order valence-electron chi connectivity index (χ1n) is 9.65. The molecule has 4 rings (SSSR count). The maximum Gasteiger partial charge on any atom is 0.260 e. The number of aromatic nitrogens is 3. The highest BCUT2D eigenvalue weighted by Gasteiger charge is 2.19. The summed E-state index contributed by atoms with van der Waals surface area (Å²) < 4.78 is 1.78. The van der Waals surface area contributed by atoms with Gasteiger partial charge in [0.2, 0.25) is 0 Å². The largest absolute Gasteiger partial charge is 0.335 e. The Morgan fingerprint density at radius 2 is 1.87 bits per heavy atom. The molecule has 6 heteroatoms. The molecule has 0 radical (unpaired) electrons. The summed E-state index contributed by atoms with van der Waals surface area (Å²) in [5, 5.41) is 1.24. The zero-order valence-electron chi connectivity index (χ0n) is 17.0. The first kappa shape index (κ1) is 21.3. The minimum Gasteiger partial charge on any atom is -0.335 e. The van der Waals surface area contributed by atoms with Gasteiger partial charge in [0, 0.05) is 40.9 Å². The van der Waals surface area contributed by atoms with E-state index in [1.54, 1.807) is 41.2 Å². The monoisotopic (exact) mass is 419 g/mol. The van der Waals surface area contributed by atoms with Crippen molar-refractivity contribution in [2.45, 2.75) is 13.8 Å². The van der Waals surface area contributed by atoms with E-state index in [1.807, 2.05) is 51.2 Å². The molecule has 2 heterocycles. The van der Waals surface area contributed by atoms with Gasteiger partial charge in [-0.1, -0.05) is 55.8 Å². The Hall–Kier alpha value is -3.44. The number of rotatable bonds is 4. The van der Waals surface area contributed by atoms with Gasteiger partial charge in [0.05, 0.1) is 5.56 Å². The normalized spacial score (nSPS) is 10.8. The van der Waals surface area contributed by atoms with Crippen molar-refractivity contribution in [2.75, 3.05) is 0 Å². The Bertz CT molecular complexity index is 1270. The van der Waals surface area contributed by atoms with E-state index in [2.05, 4.69) is 9.97 Å². The number of carbonyl (C=O) groups is 1. The number of allylic oxidation sites excluding steroid dienone is 1. The predicted molar refractivity (Wildman–Crippen MR) is 123 cm³/mol. The van der Waals surface area contributed by atoms with Gasteiger partial charge in [-0.2, -0.15) is 0 Å². The van der Waals surface area contributed by atoms with Crippen LogP contribution in [0, 0.1) is 0 Å². The molecule has 1 N–H and O–H groups in total. The molecule has 0 aliphatic rings. The van der Waals surface area contributed by atoms with Crippen LogP contribution in [-0.2, 0) is 7.05 Å². The third kappa shape index (κ3) is 4.26. The number of fused-ring (bicyclic) bond motifs is 1. The molecule has 0 fully saturated rings. The average molecular weight is 420 g/mol. The summed E-state index contributed by atoms with van der Waals surface area (Å²) in [4.78, 5) is 32.8. The van der Waals surface area contributed by atoms with Crippen molar-refractivity contribution in [1.29, 1.82) is 0 Å². The summed E-state index contributed by atoms with van der Waals surface area (Å²) in [5.41, 5.74) is 1.60. The first-order chi connectivity index (χ1) is 14.5. The molecule has 5 nitrogen and oxygen atoms in total. The van der Waals surface area contributed by atoms with Crippen molar-refractivity contribution in [3.63, 3.8) is 0 Å². The lowest BCUT2D eigenvalue weighted by Crippen LogP contribution is -2.18. The fourth-order valence-corrected chi connectivity index (χ4v) is 3.35. The first-order valence-corrected chi connectivity index (χ1v) is 10.0. The molecule has 0 aliphatic heterocycles. The van der Waals surface area contributed by atoms with Crippen LogP contribution in [0.15, 0.2) is 71.8 Å². The van der Waals surface area contributed by atoms with Crippen LogP contribution in [0.2, 0.25) is 5.02 Å². The number of benzene rings is 2. The highest BCUT2D eigenvalue weighted by Crippen LogP contribution is 2.31. The van der Waals surface area contributed by atoms with Crippen LogP contribution in [0.4, 0.5) is 0 Å². The fourth-order valence-electron chi connectivity index (χ4n) is 3.18. The third-order valence-electron chi connectivity index (χ3n) is 4.53. The molecule has 0 unspecified atom stereocenters. The lowest BCUT2D eigenvalue weighted by molar-refractivity contribution is 0.104. The molecule has 4 aromatic rings. The smallest absolute Gasteiger partial charge is 0.260 e. The van der Waals surface area contributed by atoms with Gasteiger partial charge in [-0.3, -0.25) is 9.59 Å². The minimum atomic E-state index is -0.442. The Balaban J connectivity index is 0.00000124. The standard InChI is InChI=1S/C22H16ClN3O2.C2H6/c1-26-12-11-24-19(26)10-9-18(27)21-20(14-5-3-2-4-6-14)16-13-15(23)7-8-17(16)25-22(21)28;1-2/h2-13H,1H3,(H,25,28);1-2H3/b10-9+;. The molecule has 0 saturated carbocycles. The second-order valence-electron chi connectivity index (χ2n) is 6.35. The van der Waals surface area contributed by atoms with E-state index >= 15 is 0 Å². The van der Waals surface area contributed by atoms with Crippen LogP contribution in [0.5, 0.6) is 0 Å². The maximum absolute atomic E-state index is 13.0. The molecular formula is C24H22ClN3O2. The van der Waals surface area contributed by atoms with Crippen LogP contribution in [0.1, 0.15) is 30.0 Å². The van der Waals surface area contributed by atoms with E-state index in [4.69, 9.17) is 11.6 Å². The maximum atomic E-state index is 13.0. The molecule has 152 valence electrons. The van der Waals surface area contributed by atoms with Crippen LogP contribution in [-0.4, -0.2) is 20.3 Å². The number of nitrogens with one attached hydrogen (secondary N) is 1. The summed E-state index contributed by atoms with van der Waals surface area (Å²) in [6.45, 7) is 4.00. The highest BCUT2D eigenvalue weighted by molar-refractivity contribution is 6.31. The summed E-state index contributed by atoms with van der Waals surface area (Å²) in [6.07, 6.45) is 6.39. The molecule has 0 amide bonds. The molecule has 2 aromatic heterocycles. The number of aryl methyl sites for hydroxylation is 1. The van der Waals surface area contributed by atoms with Gasteiger partial charge < -0.3 is 9.55 Å². The number of ketones is 1. The number of nitrogens with zero attached hydrogens (tertiary/aromatic N) is 2. The number of H-pyrrole nitrogens is 1.